The first-order valence-electron chi connectivity index (χ1n) is 9.35. The number of amides is 1. The predicted octanol–water partition coefficient (Wildman–Crippen LogP) is 3.67. The number of halogens is 1. The zero-order valence-corrected chi connectivity index (χ0v) is 15.7. The lowest BCUT2D eigenvalue weighted by Crippen LogP contribution is -2.28. The van der Waals surface area contributed by atoms with Gasteiger partial charge in [0.25, 0.3) is 5.91 Å². The number of imidazole rings is 1. The Hall–Kier alpha value is -4.07. The largest absolute Gasteiger partial charge is 0.382 e. The average molecular weight is 401 g/mol. The molecule has 2 aromatic carbocycles. The van der Waals surface area contributed by atoms with Gasteiger partial charge in [0, 0.05) is 41.8 Å². The first-order chi connectivity index (χ1) is 14.7. The van der Waals surface area contributed by atoms with Crippen LogP contribution in [0.25, 0.3) is 17.0 Å². The van der Waals surface area contributed by atoms with Gasteiger partial charge in [-0.2, -0.15) is 0 Å². The number of hydrogen-bond donors (Lipinski definition) is 1. The minimum absolute atomic E-state index is 0.279. The van der Waals surface area contributed by atoms with Crippen LogP contribution >= 0.6 is 0 Å². The van der Waals surface area contributed by atoms with Gasteiger partial charge in [-0.25, -0.2) is 14.4 Å². The van der Waals surface area contributed by atoms with E-state index in [1.54, 1.807) is 30.5 Å². The molecule has 0 aliphatic carbocycles. The van der Waals surface area contributed by atoms with E-state index in [1.165, 1.54) is 12.1 Å². The monoisotopic (exact) mass is 401 g/mol. The van der Waals surface area contributed by atoms with Gasteiger partial charge in [-0.15, -0.1) is 0 Å². The molecule has 1 aliphatic rings. The number of nitrogens with zero attached hydrogens (tertiary/aromatic N) is 4. The second-order valence-electron chi connectivity index (χ2n) is 6.87. The third-order valence-corrected chi connectivity index (χ3v) is 4.80. The predicted molar refractivity (Wildman–Crippen MR) is 109 cm³/mol. The molecule has 2 aromatic heterocycles. The Morgan fingerprint density at radius 1 is 1.13 bits per heavy atom. The van der Waals surface area contributed by atoms with Crippen LogP contribution in [0.3, 0.4) is 0 Å². The minimum Gasteiger partial charge on any atom is -0.382 e. The summed E-state index contributed by atoms with van der Waals surface area (Å²) >= 11 is 0. The third-order valence-electron chi connectivity index (χ3n) is 4.80. The number of oxime groups is 1. The molecule has 0 bridgehead atoms. The van der Waals surface area contributed by atoms with E-state index in [-0.39, 0.29) is 18.1 Å². The van der Waals surface area contributed by atoms with Crippen LogP contribution in [0.1, 0.15) is 12.0 Å². The quantitative estimate of drug-likeness (QED) is 0.566. The molecule has 8 heteroatoms. The van der Waals surface area contributed by atoms with Gasteiger partial charge in [-0.1, -0.05) is 29.4 Å². The van der Waals surface area contributed by atoms with E-state index >= 15 is 0 Å². The third kappa shape index (κ3) is 3.50. The fraction of sp³-hybridized carbons (Fsp3) is 0.0909. The molecule has 4 aromatic rings. The highest BCUT2D eigenvalue weighted by Gasteiger charge is 2.29. The van der Waals surface area contributed by atoms with Crippen LogP contribution in [-0.4, -0.2) is 32.1 Å². The van der Waals surface area contributed by atoms with Crippen molar-refractivity contribution in [1.29, 1.82) is 0 Å². The Kier molecular flexibility index (Phi) is 4.44. The van der Waals surface area contributed by atoms with Crippen LogP contribution in [0.2, 0.25) is 0 Å². The Bertz CT molecular complexity index is 1230. The van der Waals surface area contributed by atoms with Gasteiger partial charge < -0.3 is 10.2 Å². The summed E-state index contributed by atoms with van der Waals surface area (Å²) in [6.07, 6.45) is 5.00. The molecule has 0 saturated heterocycles. The summed E-state index contributed by atoms with van der Waals surface area (Å²) in [5, 5.41) is 6.76. The highest BCUT2D eigenvalue weighted by Crippen LogP contribution is 2.22. The maximum Gasteiger partial charge on any atom is 0.268 e. The van der Waals surface area contributed by atoms with Crippen LogP contribution in [0, 0.1) is 5.82 Å². The number of nitrogens with one attached hydrogen (secondary N) is 1. The highest BCUT2D eigenvalue weighted by molar-refractivity contribution is 6.06. The molecule has 7 nitrogen and oxygen atoms in total. The highest BCUT2D eigenvalue weighted by atomic mass is 19.1. The number of aromatic nitrogens is 3. The minimum atomic E-state index is -0.757. The molecule has 0 fully saturated rings. The molecule has 3 heterocycles. The molecular weight excluding hydrogens is 385 g/mol. The van der Waals surface area contributed by atoms with Crippen molar-refractivity contribution in [2.24, 2.45) is 5.16 Å². The van der Waals surface area contributed by atoms with E-state index in [9.17, 15) is 9.18 Å². The molecule has 5 rings (SSSR count). The number of carbonyl (C=O) groups excluding carboxylic acids is 1. The van der Waals surface area contributed by atoms with Crippen molar-refractivity contribution in [3.05, 3.63) is 84.6 Å². The lowest BCUT2D eigenvalue weighted by molar-refractivity contribution is -0.125. The molecule has 1 aliphatic heterocycles. The van der Waals surface area contributed by atoms with E-state index < -0.39 is 6.10 Å². The van der Waals surface area contributed by atoms with Crippen LogP contribution < -0.4 is 5.32 Å². The SMILES string of the molecule is O=C(Nc1ccc(-c2cn3cccnc3n2)cc1)C1CC(c2cccc(F)c2)=NO1. The lowest BCUT2D eigenvalue weighted by atomic mass is 10.0. The first-order valence-corrected chi connectivity index (χ1v) is 9.35. The van der Waals surface area contributed by atoms with Crippen LogP contribution in [0.4, 0.5) is 10.1 Å². The Balaban J connectivity index is 1.24. The average Bonchev–Trinajstić information content (AvgIpc) is 3.42. The Morgan fingerprint density at radius 2 is 2.00 bits per heavy atom. The second kappa shape index (κ2) is 7.40. The van der Waals surface area contributed by atoms with Crippen molar-refractivity contribution in [2.75, 3.05) is 5.32 Å². The van der Waals surface area contributed by atoms with Gasteiger partial charge in [0.05, 0.1) is 11.4 Å². The van der Waals surface area contributed by atoms with Crippen molar-refractivity contribution in [3.8, 4) is 11.3 Å². The lowest BCUT2D eigenvalue weighted by Gasteiger charge is -2.10. The van der Waals surface area contributed by atoms with Crippen LogP contribution in [0.15, 0.2) is 78.3 Å². The molecule has 0 saturated carbocycles. The van der Waals surface area contributed by atoms with Crippen molar-refractivity contribution in [3.63, 3.8) is 0 Å². The van der Waals surface area contributed by atoms with E-state index in [1.807, 2.05) is 35.0 Å². The number of carbonyl (C=O) groups is 1. The maximum absolute atomic E-state index is 13.4. The van der Waals surface area contributed by atoms with Gasteiger partial charge in [0.15, 0.2) is 0 Å². The van der Waals surface area contributed by atoms with Crippen LogP contribution in [-0.2, 0) is 9.63 Å². The van der Waals surface area contributed by atoms with Crippen molar-refractivity contribution >= 4 is 23.1 Å². The number of rotatable bonds is 4. The Labute approximate surface area is 170 Å². The summed E-state index contributed by atoms with van der Waals surface area (Å²) in [5.74, 6) is -0.0447. The normalized spacial score (nSPS) is 15.6. The van der Waals surface area contributed by atoms with Gasteiger partial charge in [-0.3, -0.25) is 9.20 Å². The topological polar surface area (TPSA) is 80.9 Å². The molecule has 148 valence electrons. The summed E-state index contributed by atoms with van der Waals surface area (Å²) in [4.78, 5) is 26.5. The first kappa shape index (κ1) is 18.0. The van der Waals surface area contributed by atoms with Gasteiger partial charge in [-0.05, 0) is 30.3 Å². The van der Waals surface area contributed by atoms with Crippen molar-refractivity contribution in [1.82, 2.24) is 14.4 Å². The van der Waals surface area contributed by atoms with E-state index in [0.29, 0.717) is 22.7 Å². The molecule has 1 atom stereocenters. The Morgan fingerprint density at radius 3 is 2.80 bits per heavy atom. The standard InChI is InChI=1S/C22H16FN5O2/c23-16-4-1-3-15(11-16)18-12-20(30-27-18)21(29)25-17-7-5-14(6-8-17)19-13-28-10-2-9-24-22(28)26-19/h1-11,13,20H,12H2,(H,25,29). The maximum atomic E-state index is 13.4. The van der Waals surface area contributed by atoms with Crippen LogP contribution in [0.5, 0.6) is 0 Å². The summed E-state index contributed by atoms with van der Waals surface area (Å²) in [5.41, 5.74) is 3.49. The smallest absolute Gasteiger partial charge is 0.268 e. The van der Waals surface area contributed by atoms with E-state index in [2.05, 4.69) is 20.4 Å². The second-order valence-corrected chi connectivity index (χ2v) is 6.87. The fourth-order valence-corrected chi connectivity index (χ4v) is 3.27. The number of anilines is 1. The zero-order chi connectivity index (χ0) is 20.5. The zero-order valence-electron chi connectivity index (χ0n) is 15.7. The molecule has 0 radical (unpaired) electrons. The van der Waals surface area contributed by atoms with Crippen molar-refractivity contribution in [2.45, 2.75) is 12.5 Å². The summed E-state index contributed by atoms with van der Waals surface area (Å²) in [7, 11) is 0. The molecule has 1 N–H and O–H groups in total. The summed E-state index contributed by atoms with van der Waals surface area (Å²) < 4.78 is 15.2. The van der Waals surface area contributed by atoms with Gasteiger partial charge >= 0.3 is 0 Å². The number of fused-ring (bicyclic) bond motifs is 1. The number of benzene rings is 2. The van der Waals surface area contributed by atoms with Crippen molar-refractivity contribution < 1.29 is 14.0 Å². The summed E-state index contributed by atoms with van der Waals surface area (Å²) in [6.45, 7) is 0. The number of hydrogen-bond acceptors (Lipinski definition) is 5. The van der Waals surface area contributed by atoms with E-state index in [0.717, 1.165) is 11.3 Å². The molecule has 1 amide bonds. The summed E-state index contributed by atoms with van der Waals surface area (Å²) in [6, 6.07) is 15.3. The van der Waals surface area contributed by atoms with Gasteiger partial charge in [0.1, 0.15) is 5.82 Å². The fourth-order valence-electron chi connectivity index (χ4n) is 3.27. The van der Waals surface area contributed by atoms with E-state index in [4.69, 9.17) is 4.84 Å². The molecule has 0 spiro atoms. The molecule has 30 heavy (non-hydrogen) atoms. The molecular formula is C22H16FN5O2. The molecule has 1 unspecified atom stereocenters. The van der Waals surface area contributed by atoms with Gasteiger partial charge in [0.2, 0.25) is 11.9 Å².